The molecule has 0 radical (unpaired) electrons. The van der Waals surface area contributed by atoms with E-state index >= 15 is 0 Å². The van der Waals surface area contributed by atoms with Crippen LogP contribution in [-0.2, 0) is 16.4 Å². The molecule has 0 N–H and O–H groups in total. The first-order chi connectivity index (χ1) is 15.0. The summed E-state index contributed by atoms with van der Waals surface area (Å²) in [7, 11) is -3.49. The Balaban J connectivity index is 1.37. The van der Waals surface area contributed by atoms with E-state index in [1.165, 1.54) is 11.0 Å². The van der Waals surface area contributed by atoms with Crippen LogP contribution in [0.25, 0.3) is 5.69 Å². The Hall–Kier alpha value is -3.11. The largest absolute Gasteiger partial charge is 0.308 e. The molecule has 9 nitrogen and oxygen atoms in total. The van der Waals surface area contributed by atoms with E-state index in [9.17, 15) is 13.2 Å². The third-order valence-electron chi connectivity index (χ3n) is 5.87. The molecule has 2 aliphatic heterocycles. The molecular formula is C21H22N6O3S. The van der Waals surface area contributed by atoms with Crippen LogP contribution in [0.15, 0.2) is 53.7 Å². The molecule has 3 aromatic rings. The van der Waals surface area contributed by atoms with Crippen molar-refractivity contribution in [3.63, 3.8) is 0 Å². The number of hydrogen-bond donors (Lipinski definition) is 0. The van der Waals surface area contributed by atoms with Gasteiger partial charge in [-0.1, -0.05) is 6.42 Å². The minimum Gasteiger partial charge on any atom is -0.308 e. The first-order valence-corrected chi connectivity index (χ1v) is 11.8. The van der Waals surface area contributed by atoms with Gasteiger partial charge in [0.2, 0.25) is 10.0 Å². The Morgan fingerprint density at radius 2 is 1.71 bits per heavy atom. The second-order valence-corrected chi connectivity index (χ2v) is 9.70. The normalized spacial score (nSPS) is 17.0. The number of benzene rings is 2. The zero-order valence-electron chi connectivity index (χ0n) is 16.9. The van der Waals surface area contributed by atoms with Gasteiger partial charge in [0.15, 0.2) is 0 Å². The highest BCUT2D eigenvalue weighted by molar-refractivity contribution is 7.89. The number of amides is 1. The Bertz CT molecular complexity index is 1200. The molecule has 0 atom stereocenters. The highest BCUT2D eigenvalue weighted by Crippen LogP contribution is 2.32. The van der Waals surface area contributed by atoms with E-state index < -0.39 is 10.0 Å². The topological polar surface area (TPSA) is 101 Å². The number of carbonyl (C=O) groups is 1. The van der Waals surface area contributed by atoms with Gasteiger partial charge in [0.05, 0.1) is 10.6 Å². The van der Waals surface area contributed by atoms with Gasteiger partial charge < -0.3 is 4.90 Å². The van der Waals surface area contributed by atoms with Gasteiger partial charge in [0.1, 0.15) is 6.33 Å². The summed E-state index contributed by atoms with van der Waals surface area (Å²) < 4.78 is 29.1. The van der Waals surface area contributed by atoms with Crippen LogP contribution in [0.1, 0.15) is 35.2 Å². The Morgan fingerprint density at radius 1 is 0.935 bits per heavy atom. The molecule has 160 valence electrons. The van der Waals surface area contributed by atoms with Crippen molar-refractivity contribution in [1.82, 2.24) is 24.5 Å². The highest BCUT2D eigenvalue weighted by atomic mass is 32.2. The SMILES string of the molecule is O=C(c1ccc(-n2cnnn2)cc1)N1CCc2cc(S(=O)(=O)N3CCCCC3)ccc21. The van der Waals surface area contributed by atoms with Crippen LogP contribution in [0.5, 0.6) is 0 Å². The Labute approximate surface area is 180 Å². The standard InChI is InChI=1S/C21H22N6O3S/c28-21(16-4-6-18(7-5-16)27-15-22-23-24-27)26-13-10-17-14-19(8-9-20(17)26)31(29,30)25-11-2-1-3-12-25/h4-9,14-15H,1-3,10-13H2. The molecule has 2 aliphatic rings. The summed E-state index contributed by atoms with van der Waals surface area (Å²) in [5.41, 5.74) is 2.97. The van der Waals surface area contributed by atoms with Crippen molar-refractivity contribution >= 4 is 21.6 Å². The number of piperidine rings is 1. The average Bonchev–Trinajstić information content (AvgIpc) is 3.49. The van der Waals surface area contributed by atoms with Gasteiger partial charge in [0, 0.05) is 30.9 Å². The minimum absolute atomic E-state index is 0.117. The molecule has 1 amide bonds. The van der Waals surface area contributed by atoms with Crippen LogP contribution in [0, 0.1) is 0 Å². The van der Waals surface area contributed by atoms with Crippen LogP contribution in [0.3, 0.4) is 0 Å². The molecular weight excluding hydrogens is 416 g/mol. The maximum Gasteiger partial charge on any atom is 0.258 e. The number of carbonyl (C=O) groups excluding carboxylic acids is 1. The van der Waals surface area contributed by atoms with Gasteiger partial charge >= 0.3 is 0 Å². The van der Waals surface area contributed by atoms with Crippen LogP contribution >= 0.6 is 0 Å². The van der Waals surface area contributed by atoms with Gasteiger partial charge in [0.25, 0.3) is 5.91 Å². The number of nitrogens with zero attached hydrogens (tertiary/aromatic N) is 6. The second-order valence-electron chi connectivity index (χ2n) is 7.76. The monoisotopic (exact) mass is 438 g/mol. The molecule has 0 spiro atoms. The highest BCUT2D eigenvalue weighted by Gasteiger charge is 2.30. The third kappa shape index (κ3) is 3.61. The minimum atomic E-state index is -3.49. The third-order valence-corrected chi connectivity index (χ3v) is 7.77. The number of tetrazole rings is 1. The van der Waals surface area contributed by atoms with E-state index in [1.807, 2.05) is 0 Å². The molecule has 0 aliphatic carbocycles. The molecule has 0 bridgehead atoms. The Kier molecular flexibility index (Phi) is 5.03. The predicted octanol–water partition coefficient (Wildman–Crippen LogP) is 2.04. The van der Waals surface area contributed by atoms with Gasteiger partial charge in [-0.2, -0.15) is 4.31 Å². The fourth-order valence-corrected chi connectivity index (χ4v) is 5.76. The summed E-state index contributed by atoms with van der Waals surface area (Å²) in [6.07, 6.45) is 5.00. The predicted molar refractivity (Wildman–Crippen MR) is 114 cm³/mol. The summed E-state index contributed by atoms with van der Waals surface area (Å²) in [5.74, 6) is -0.117. The van der Waals surface area contributed by atoms with E-state index in [2.05, 4.69) is 15.5 Å². The van der Waals surface area contributed by atoms with Crippen molar-refractivity contribution in [3.05, 3.63) is 59.9 Å². The molecule has 10 heteroatoms. The number of anilines is 1. The lowest BCUT2D eigenvalue weighted by Gasteiger charge is -2.26. The summed E-state index contributed by atoms with van der Waals surface area (Å²) in [6.45, 7) is 1.67. The van der Waals surface area contributed by atoms with Crippen LogP contribution in [0.2, 0.25) is 0 Å². The fourth-order valence-electron chi connectivity index (χ4n) is 4.20. The molecule has 3 heterocycles. The van der Waals surface area contributed by atoms with E-state index in [0.29, 0.717) is 36.5 Å². The molecule has 31 heavy (non-hydrogen) atoms. The number of hydrogen-bond acceptors (Lipinski definition) is 6. The summed E-state index contributed by atoms with van der Waals surface area (Å²) >= 11 is 0. The van der Waals surface area contributed by atoms with Crippen molar-refractivity contribution in [3.8, 4) is 5.69 Å². The number of aromatic nitrogens is 4. The van der Waals surface area contributed by atoms with Crippen molar-refractivity contribution in [1.29, 1.82) is 0 Å². The zero-order chi connectivity index (χ0) is 21.4. The Morgan fingerprint density at radius 3 is 2.42 bits per heavy atom. The number of rotatable bonds is 4. The molecule has 1 fully saturated rings. The number of fused-ring (bicyclic) bond motifs is 1. The summed E-state index contributed by atoms with van der Waals surface area (Å²) in [4.78, 5) is 15.1. The first kappa shape index (κ1) is 19.8. The molecule has 5 rings (SSSR count). The van der Waals surface area contributed by atoms with E-state index in [0.717, 1.165) is 36.2 Å². The van der Waals surface area contributed by atoms with Crippen LogP contribution in [0.4, 0.5) is 5.69 Å². The lowest BCUT2D eigenvalue weighted by molar-refractivity contribution is 0.0989. The molecule has 1 saturated heterocycles. The van der Waals surface area contributed by atoms with Crippen molar-refractivity contribution in [2.45, 2.75) is 30.6 Å². The molecule has 2 aromatic carbocycles. The quantitative estimate of drug-likeness (QED) is 0.618. The second kappa shape index (κ2) is 7.86. The average molecular weight is 439 g/mol. The van der Waals surface area contributed by atoms with Gasteiger partial charge in [-0.15, -0.1) is 5.10 Å². The summed E-state index contributed by atoms with van der Waals surface area (Å²) in [5, 5.41) is 11.1. The van der Waals surface area contributed by atoms with Crippen molar-refractivity contribution < 1.29 is 13.2 Å². The maximum absolute atomic E-state index is 13.1. The van der Waals surface area contributed by atoms with Crippen molar-refractivity contribution in [2.24, 2.45) is 0 Å². The first-order valence-electron chi connectivity index (χ1n) is 10.3. The van der Waals surface area contributed by atoms with E-state index in [1.54, 1.807) is 51.7 Å². The van der Waals surface area contributed by atoms with E-state index in [4.69, 9.17) is 0 Å². The van der Waals surface area contributed by atoms with Gasteiger partial charge in [-0.05, 0) is 77.7 Å². The summed E-state index contributed by atoms with van der Waals surface area (Å²) in [6, 6.07) is 12.2. The molecule has 0 saturated carbocycles. The lowest BCUT2D eigenvalue weighted by atomic mass is 10.1. The van der Waals surface area contributed by atoms with Gasteiger partial charge in [-0.3, -0.25) is 4.79 Å². The zero-order valence-corrected chi connectivity index (χ0v) is 17.7. The van der Waals surface area contributed by atoms with E-state index in [-0.39, 0.29) is 5.91 Å². The van der Waals surface area contributed by atoms with Gasteiger partial charge in [-0.25, -0.2) is 13.1 Å². The molecule has 0 unspecified atom stereocenters. The van der Waals surface area contributed by atoms with Crippen molar-refractivity contribution in [2.75, 3.05) is 24.5 Å². The molecule has 1 aromatic heterocycles. The number of sulfonamides is 1. The maximum atomic E-state index is 13.1. The van der Waals surface area contributed by atoms with Crippen LogP contribution < -0.4 is 4.90 Å². The lowest BCUT2D eigenvalue weighted by Crippen LogP contribution is -2.35. The van der Waals surface area contributed by atoms with Crippen LogP contribution in [-0.4, -0.2) is 58.5 Å². The fraction of sp³-hybridized carbons (Fsp3) is 0.333. The smallest absolute Gasteiger partial charge is 0.258 e.